The maximum absolute atomic E-state index is 12.6. The summed E-state index contributed by atoms with van der Waals surface area (Å²) in [7, 11) is 0. The van der Waals surface area contributed by atoms with Gasteiger partial charge in [-0.25, -0.2) is 4.99 Å². The molecule has 1 atom stereocenters. The van der Waals surface area contributed by atoms with E-state index in [1.165, 1.54) is 25.0 Å². The first-order valence-corrected chi connectivity index (χ1v) is 9.33. The lowest BCUT2D eigenvalue weighted by Crippen LogP contribution is -2.40. The van der Waals surface area contributed by atoms with Gasteiger partial charge in [0.2, 0.25) is 0 Å². The Balaban J connectivity index is 1.86. The van der Waals surface area contributed by atoms with Crippen LogP contribution in [0.15, 0.2) is 29.3 Å². The SMILES string of the molecule is CCCN1CCC(CNC(=NCc2ccc(C(F)(F)F)cc2)NCC)C1. The smallest absolute Gasteiger partial charge is 0.357 e. The van der Waals surface area contributed by atoms with Gasteiger partial charge in [0.05, 0.1) is 12.1 Å². The molecule has 1 aromatic carbocycles. The molecule has 0 aliphatic carbocycles. The predicted molar refractivity (Wildman–Crippen MR) is 99.1 cm³/mol. The molecular weight excluding hydrogens is 341 g/mol. The Labute approximate surface area is 153 Å². The fraction of sp³-hybridized carbons (Fsp3) is 0.632. The van der Waals surface area contributed by atoms with Crippen LogP contribution in [-0.2, 0) is 12.7 Å². The fourth-order valence-corrected chi connectivity index (χ4v) is 3.15. The van der Waals surface area contributed by atoms with E-state index in [2.05, 4.69) is 27.4 Å². The molecule has 146 valence electrons. The molecule has 1 fully saturated rings. The van der Waals surface area contributed by atoms with Crippen LogP contribution in [0.4, 0.5) is 13.2 Å². The van der Waals surface area contributed by atoms with Gasteiger partial charge < -0.3 is 15.5 Å². The van der Waals surface area contributed by atoms with E-state index in [1.807, 2.05) is 6.92 Å². The molecule has 0 saturated carbocycles. The third-order valence-electron chi connectivity index (χ3n) is 4.51. The molecule has 7 heteroatoms. The van der Waals surface area contributed by atoms with Gasteiger partial charge in [0.1, 0.15) is 0 Å². The molecule has 1 aliphatic heterocycles. The number of nitrogens with zero attached hydrogens (tertiary/aromatic N) is 2. The van der Waals surface area contributed by atoms with Crippen LogP contribution in [0.25, 0.3) is 0 Å². The molecular formula is C19H29F3N4. The zero-order valence-electron chi connectivity index (χ0n) is 15.6. The molecule has 0 bridgehead atoms. The summed E-state index contributed by atoms with van der Waals surface area (Å²) in [5.74, 6) is 1.32. The van der Waals surface area contributed by atoms with Crippen LogP contribution in [0.3, 0.4) is 0 Å². The fourth-order valence-electron chi connectivity index (χ4n) is 3.15. The van der Waals surface area contributed by atoms with Gasteiger partial charge >= 0.3 is 6.18 Å². The van der Waals surface area contributed by atoms with Crippen molar-refractivity contribution in [2.75, 3.05) is 32.7 Å². The summed E-state index contributed by atoms with van der Waals surface area (Å²) in [5, 5.41) is 6.56. The molecule has 1 aliphatic rings. The van der Waals surface area contributed by atoms with Crippen molar-refractivity contribution in [2.45, 2.75) is 39.4 Å². The molecule has 26 heavy (non-hydrogen) atoms. The van der Waals surface area contributed by atoms with Crippen molar-refractivity contribution < 1.29 is 13.2 Å². The molecule has 2 rings (SSSR count). The Hall–Kier alpha value is -1.76. The lowest BCUT2D eigenvalue weighted by atomic mass is 10.1. The van der Waals surface area contributed by atoms with Gasteiger partial charge in [-0.1, -0.05) is 19.1 Å². The number of halogens is 3. The summed E-state index contributed by atoms with van der Waals surface area (Å²) in [5.41, 5.74) is 0.123. The topological polar surface area (TPSA) is 39.7 Å². The van der Waals surface area contributed by atoms with E-state index in [0.717, 1.165) is 50.4 Å². The highest BCUT2D eigenvalue weighted by Gasteiger charge is 2.29. The molecule has 4 nitrogen and oxygen atoms in total. The van der Waals surface area contributed by atoms with Gasteiger partial charge in [-0.3, -0.25) is 0 Å². The van der Waals surface area contributed by atoms with Crippen molar-refractivity contribution in [1.29, 1.82) is 0 Å². The highest BCUT2D eigenvalue weighted by molar-refractivity contribution is 5.79. The average Bonchev–Trinajstić information content (AvgIpc) is 3.05. The molecule has 0 aromatic heterocycles. The van der Waals surface area contributed by atoms with Gasteiger partial charge in [0.25, 0.3) is 0 Å². The third kappa shape index (κ3) is 6.52. The minimum absolute atomic E-state index is 0.347. The van der Waals surface area contributed by atoms with Crippen molar-refractivity contribution >= 4 is 5.96 Å². The normalized spacial score (nSPS) is 19.0. The van der Waals surface area contributed by atoms with E-state index in [-0.39, 0.29) is 0 Å². The first-order valence-electron chi connectivity index (χ1n) is 9.33. The Morgan fingerprint density at radius 3 is 2.54 bits per heavy atom. The van der Waals surface area contributed by atoms with E-state index < -0.39 is 11.7 Å². The van der Waals surface area contributed by atoms with Gasteiger partial charge in [-0.05, 0) is 56.5 Å². The van der Waals surface area contributed by atoms with Crippen LogP contribution < -0.4 is 10.6 Å². The number of hydrogen-bond acceptors (Lipinski definition) is 2. The number of guanidine groups is 1. The number of likely N-dealkylation sites (tertiary alicyclic amines) is 1. The van der Waals surface area contributed by atoms with Gasteiger partial charge in [0, 0.05) is 19.6 Å². The molecule has 1 unspecified atom stereocenters. The molecule has 1 aromatic rings. The second-order valence-corrected chi connectivity index (χ2v) is 6.73. The average molecular weight is 370 g/mol. The van der Waals surface area contributed by atoms with Crippen LogP contribution in [0, 0.1) is 5.92 Å². The van der Waals surface area contributed by atoms with Crippen LogP contribution in [0.5, 0.6) is 0 Å². The van der Waals surface area contributed by atoms with Gasteiger partial charge in [-0.2, -0.15) is 13.2 Å². The van der Waals surface area contributed by atoms with E-state index >= 15 is 0 Å². The van der Waals surface area contributed by atoms with Gasteiger partial charge in [-0.15, -0.1) is 0 Å². The molecule has 0 amide bonds. The van der Waals surface area contributed by atoms with Crippen molar-refractivity contribution in [3.8, 4) is 0 Å². The van der Waals surface area contributed by atoms with Crippen LogP contribution in [-0.4, -0.2) is 43.6 Å². The summed E-state index contributed by atoms with van der Waals surface area (Å²) in [6.45, 7) is 9.55. The quantitative estimate of drug-likeness (QED) is 0.570. The van der Waals surface area contributed by atoms with Crippen molar-refractivity contribution in [3.63, 3.8) is 0 Å². The summed E-state index contributed by atoms with van der Waals surface area (Å²) in [6.07, 6.45) is -1.94. The Kier molecular flexibility index (Phi) is 7.75. The van der Waals surface area contributed by atoms with Crippen LogP contribution >= 0.6 is 0 Å². The van der Waals surface area contributed by atoms with Crippen molar-refractivity contribution in [3.05, 3.63) is 35.4 Å². The minimum Gasteiger partial charge on any atom is -0.357 e. The third-order valence-corrected chi connectivity index (χ3v) is 4.51. The zero-order chi connectivity index (χ0) is 19.0. The van der Waals surface area contributed by atoms with E-state index in [0.29, 0.717) is 18.4 Å². The lowest BCUT2D eigenvalue weighted by molar-refractivity contribution is -0.137. The summed E-state index contributed by atoms with van der Waals surface area (Å²) in [4.78, 5) is 6.98. The van der Waals surface area contributed by atoms with Crippen LogP contribution in [0.1, 0.15) is 37.8 Å². The second kappa shape index (κ2) is 9.80. The number of benzene rings is 1. The van der Waals surface area contributed by atoms with Crippen LogP contribution in [0.2, 0.25) is 0 Å². The number of hydrogen-bond donors (Lipinski definition) is 2. The van der Waals surface area contributed by atoms with Crippen molar-refractivity contribution in [2.24, 2.45) is 10.9 Å². The number of aliphatic imine (C=N–C) groups is 1. The molecule has 1 heterocycles. The maximum Gasteiger partial charge on any atom is 0.416 e. The second-order valence-electron chi connectivity index (χ2n) is 6.73. The van der Waals surface area contributed by atoms with Crippen molar-refractivity contribution in [1.82, 2.24) is 15.5 Å². The standard InChI is InChI=1S/C19H29F3N4/c1-3-10-26-11-9-16(14-26)13-25-18(23-4-2)24-12-15-5-7-17(8-6-15)19(20,21)22/h5-8,16H,3-4,9-14H2,1-2H3,(H2,23,24,25). The zero-order valence-corrected chi connectivity index (χ0v) is 15.6. The molecule has 0 radical (unpaired) electrons. The number of rotatable bonds is 7. The largest absolute Gasteiger partial charge is 0.416 e. The first kappa shape index (κ1) is 20.6. The Bertz CT molecular complexity index is 569. The Morgan fingerprint density at radius 1 is 1.19 bits per heavy atom. The first-order chi connectivity index (χ1) is 12.4. The lowest BCUT2D eigenvalue weighted by Gasteiger charge is -2.17. The summed E-state index contributed by atoms with van der Waals surface area (Å²) >= 11 is 0. The summed E-state index contributed by atoms with van der Waals surface area (Å²) < 4.78 is 37.8. The molecule has 1 saturated heterocycles. The summed E-state index contributed by atoms with van der Waals surface area (Å²) in [6, 6.07) is 5.17. The number of alkyl halides is 3. The molecule has 2 N–H and O–H groups in total. The minimum atomic E-state index is -4.30. The van der Waals surface area contributed by atoms with E-state index in [1.54, 1.807) is 0 Å². The molecule has 0 spiro atoms. The predicted octanol–water partition coefficient (Wildman–Crippen LogP) is 3.49. The van der Waals surface area contributed by atoms with Gasteiger partial charge in [0.15, 0.2) is 5.96 Å². The maximum atomic E-state index is 12.6. The van der Waals surface area contributed by atoms with E-state index in [4.69, 9.17) is 0 Å². The monoisotopic (exact) mass is 370 g/mol. The Morgan fingerprint density at radius 2 is 1.92 bits per heavy atom. The highest BCUT2D eigenvalue weighted by atomic mass is 19.4. The highest BCUT2D eigenvalue weighted by Crippen LogP contribution is 2.29. The number of nitrogens with one attached hydrogen (secondary N) is 2. The van der Waals surface area contributed by atoms with E-state index in [9.17, 15) is 13.2 Å².